The smallest absolute Gasteiger partial charge is 0.266 e. The van der Waals surface area contributed by atoms with Gasteiger partial charge in [0.15, 0.2) is 0 Å². The van der Waals surface area contributed by atoms with Gasteiger partial charge in [0.25, 0.3) is 6.43 Å². The number of halogens is 4. The predicted molar refractivity (Wildman–Crippen MR) is 455 cm³/mol. The molecule has 0 aromatic carbocycles. The number of hydrogen-bond acceptors (Lipinski definition) is 10. The van der Waals surface area contributed by atoms with Crippen LogP contribution in [-0.2, 0) is 26.2 Å². The molecule has 0 aliphatic heterocycles. The highest BCUT2D eigenvalue weighted by molar-refractivity contribution is 6.30. The van der Waals surface area contributed by atoms with Crippen LogP contribution in [0, 0.1) is 175 Å². The highest BCUT2D eigenvalue weighted by Crippen LogP contribution is 2.71. The van der Waals surface area contributed by atoms with Gasteiger partial charge in [-0.15, -0.1) is 0 Å². The van der Waals surface area contributed by atoms with Crippen molar-refractivity contribution in [2.75, 3.05) is 6.67 Å². The predicted octanol–water partition coefficient (Wildman–Crippen LogP) is 21.0. The van der Waals surface area contributed by atoms with Crippen LogP contribution in [0.15, 0.2) is 111 Å². The first-order valence-corrected chi connectivity index (χ1v) is 47.6. The first-order chi connectivity index (χ1) is 56.1. The SMILES string of the molecule is C=C(Cn1ccnc1)[C@H]1CC[C@H]2[C@@H]3CC[C@@H]4C[C@](O)(C#CCl)CC[C@@H]4[C@H]3CC[C@]12C.C=C(Cn1ccnc1)[C@H]1CC[C@H]2[C@@H]3CC[C@@H]4C[C@](O)(C(F)F)CC[C@@H]4[C@H]3CC[C@]12C.C=C(Cn1nccn1)[C@H]1CC[C@H]2[C@@H]3CC[C@@H]4C[C@@](C)(O)CC[C@@H]4[C@H]3CC[C@]12C.C=C(Cn1nccn1)[C@H]1CC[C@H]2[C@@H]3CC[C@@H]4C[C@](O)(CF)CC[C@@H]4[C@H]3CC[C@]12C. The average molecular weight is 1630 g/mol. The van der Waals surface area contributed by atoms with Crippen molar-refractivity contribution in [3.8, 4) is 11.3 Å². The second kappa shape index (κ2) is 33.3. The summed E-state index contributed by atoms with van der Waals surface area (Å²) in [6.45, 7) is 33.0. The highest BCUT2D eigenvalue weighted by Gasteiger charge is 2.64. The van der Waals surface area contributed by atoms with E-state index in [-0.39, 0.29) is 12.3 Å². The van der Waals surface area contributed by atoms with Gasteiger partial charge in [-0.2, -0.15) is 30.0 Å². The van der Waals surface area contributed by atoms with Crippen molar-refractivity contribution in [2.24, 2.45) is 164 Å². The van der Waals surface area contributed by atoms with Crippen LogP contribution < -0.4 is 0 Å². The first-order valence-electron chi connectivity index (χ1n) is 47.2. The quantitative estimate of drug-likeness (QED) is 0.0702. The molecule has 20 rings (SSSR count). The van der Waals surface area contributed by atoms with Crippen molar-refractivity contribution in [1.82, 2.24) is 49.1 Å². The van der Waals surface area contributed by atoms with Gasteiger partial charge in [0.1, 0.15) is 17.9 Å². The Morgan fingerprint density at radius 2 is 0.735 bits per heavy atom. The average Bonchev–Trinajstić information content (AvgIpc) is 1.65. The number of fused-ring (bicyclic) bond motifs is 20. The minimum atomic E-state index is -2.61. The lowest BCUT2D eigenvalue weighted by molar-refractivity contribution is -0.158. The van der Waals surface area contributed by atoms with Crippen molar-refractivity contribution in [3.63, 3.8) is 0 Å². The highest BCUT2D eigenvalue weighted by atomic mass is 35.5. The van der Waals surface area contributed by atoms with Gasteiger partial charge in [0.2, 0.25) is 0 Å². The van der Waals surface area contributed by atoms with Crippen LogP contribution in [0.4, 0.5) is 13.2 Å². The molecule has 642 valence electrons. The topological polar surface area (TPSA) is 178 Å². The molecule has 32 atom stereocenters. The van der Waals surface area contributed by atoms with Gasteiger partial charge in [-0.05, 0) is 413 Å². The number of allylic oxidation sites excluding steroid dienone is 4. The van der Waals surface area contributed by atoms with Crippen LogP contribution in [0.5, 0.6) is 0 Å². The van der Waals surface area contributed by atoms with Crippen LogP contribution in [0.1, 0.15) is 266 Å². The number of aliphatic hydroxyl groups is 4. The molecule has 0 unspecified atom stereocenters. The van der Waals surface area contributed by atoms with Gasteiger partial charge in [-0.3, -0.25) is 0 Å². The zero-order chi connectivity index (χ0) is 81.8. The number of imidazole rings is 2. The van der Waals surface area contributed by atoms with E-state index in [9.17, 15) is 33.6 Å². The summed E-state index contributed by atoms with van der Waals surface area (Å²) >= 11 is 5.64. The Morgan fingerprint density at radius 1 is 0.393 bits per heavy atom. The Labute approximate surface area is 703 Å². The maximum Gasteiger partial charge on any atom is 0.266 e. The number of hydrogen-bond donors (Lipinski definition) is 4. The third kappa shape index (κ3) is 15.9. The van der Waals surface area contributed by atoms with Crippen LogP contribution in [0.3, 0.4) is 0 Å². The van der Waals surface area contributed by atoms with E-state index in [1.807, 2.05) is 31.2 Å². The minimum Gasteiger partial charge on any atom is -0.390 e. The molecule has 117 heavy (non-hydrogen) atoms. The van der Waals surface area contributed by atoms with Gasteiger partial charge in [-0.25, -0.2) is 23.1 Å². The number of alkyl halides is 3. The maximum absolute atomic E-state index is 13.4. The van der Waals surface area contributed by atoms with E-state index in [4.69, 9.17) is 11.6 Å². The van der Waals surface area contributed by atoms with Crippen molar-refractivity contribution < 1.29 is 33.6 Å². The number of nitrogens with zero attached hydrogens (tertiary/aromatic N) is 10. The molecule has 4 aromatic rings. The van der Waals surface area contributed by atoms with E-state index in [0.29, 0.717) is 94.2 Å². The summed E-state index contributed by atoms with van der Waals surface area (Å²) in [7, 11) is 0. The summed E-state index contributed by atoms with van der Waals surface area (Å²) in [6, 6.07) is 0. The Bertz CT molecular complexity index is 4160. The molecule has 14 nitrogen and oxygen atoms in total. The van der Waals surface area contributed by atoms with Crippen LogP contribution >= 0.6 is 11.6 Å². The van der Waals surface area contributed by atoms with Crippen molar-refractivity contribution in [2.45, 2.75) is 321 Å². The molecule has 4 N–H and O–H groups in total. The van der Waals surface area contributed by atoms with Gasteiger partial charge in [-0.1, -0.05) is 82.2 Å². The van der Waals surface area contributed by atoms with Crippen molar-refractivity contribution >= 4 is 11.6 Å². The van der Waals surface area contributed by atoms with Crippen LogP contribution in [0.25, 0.3) is 0 Å². The summed E-state index contributed by atoms with van der Waals surface area (Å²) in [6.07, 6.45) is 56.6. The van der Waals surface area contributed by atoms with Gasteiger partial charge in [0, 0.05) is 43.3 Å². The largest absolute Gasteiger partial charge is 0.390 e. The van der Waals surface area contributed by atoms with E-state index >= 15 is 0 Å². The fourth-order valence-corrected chi connectivity index (χ4v) is 33.9. The number of aromatic nitrogens is 10. The molecule has 18 heteroatoms. The minimum absolute atomic E-state index is 0.279. The molecule has 4 aromatic heterocycles. The Kier molecular flexibility index (Phi) is 24.0. The molecule has 16 aliphatic rings. The Morgan fingerprint density at radius 3 is 1.10 bits per heavy atom. The second-order valence-electron chi connectivity index (χ2n) is 44.1. The van der Waals surface area contributed by atoms with E-state index in [1.54, 1.807) is 34.4 Å². The van der Waals surface area contributed by atoms with Crippen LogP contribution in [0.2, 0.25) is 0 Å². The van der Waals surface area contributed by atoms with E-state index in [2.05, 4.69) is 118 Å². The van der Waals surface area contributed by atoms with Gasteiger partial charge in [0.05, 0.1) is 61.7 Å². The normalized spacial score (nSPS) is 46.2. The van der Waals surface area contributed by atoms with E-state index < -0.39 is 35.5 Å². The lowest BCUT2D eigenvalue weighted by atomic mass is 9.48. The molecule has 16 fully saturated rings. The van der Waals surface area contributed by atoms with E-state index in [0.717, 1.165) is 167 Å². The first kappa shape index (κ1) is 84.4. The van der Waals surface area contributed by atoms with Crippen molar-refractivity contribution in [3.05, 3.63) is 111 Å². The molecule has 16 saturated carbocycles. The fourth-order valence-electron chi connectivity index (χ4n) is 33.7. The zero-order valence-electron chi connectivity index (χ0n) is 71.8. The molecule has 0 radical (unpaired) electrons. The Balaban J connectivity index is 0.000000112. The van der Waals surface area contributed by atoms with Gasteiger partial charge < -0.3 is 29.6 Å². The third-order valence-electron chi connectivity index (χ3n) is 38.8. The summed E-state index contributed by atoms with van der Waals surface area (Å²) in [4.78, 5) is 11.9. The standard InChI is InChI=1S/C26H35ClN2O.C25H36F2N2O.C24H36FN3O.C24H37N3O/c1-18(16-29-14-13-28-17-29)23-5-6-24-22-4-3-19-15-26(30,11-12-27)10-8-20(19)21(22)7-9-25(23,24)2;1-16(14-29-12-11-28-15-29)21-5-6-22-20-4-3-17-13-25(30,23(26)27)10-8-18(17)19(20)7-9-24(21,22)2;1-16(14-28-26-11-12-27-28)21-5-6-22-20-4-3-17-13-24(29,15-25)10-8-18(17)19(20)7-9-23(21,22)2;1-16(15-27-25-12-13-26-27)21-6-7-22-20-5-4-17-14-23(2,28)10-8-18(17)19(20)9-11-24(21,22)3/h13-14,17,19-24,30H,1,3-10,15-16H2,2H3;11-12,15,17-23,30H,1,3-10,13-14H2,2H3;11-12,17-22,29H,1,3-10,13-15H2,2H3;12-13,17-22,28H,1,4-11,14-15H2,2-3H3/t19-,20+,21-,22-,23-,24+,25-,26-;17-,18+,19-,20-,21-,22+,24-,25+;17-,18+,19-,20-,21-,22+,23-,24+;17-,18+,19-,20-,21-,22+,23+,24-/m1111/s1. The van der Waals surface area contributed by atoms with Crippen molar-refractivity contribution in [1.29, 1.82) is 0 Å². The fraction of sp³-hybridized carbons (Fsp3) is 0.798. The third-order valence-corrected chi connectivity index (χ3v) is 38.9. The molecule has 0 spiro atoms. The molecule has 0 amide bonds. The number of rotatable bonds is 14. The summed E-state index contributed by atoms with van der Waals surface area (Å²) in [5.74, 6) is 20.2. The molecule has 4 heterocycles. The zero-order valence-corrected chi connectivity index (χ0v) is 72.6. The molecule has 0 saturated heterocycles. The van der Waals surface area contributed by atoms with Crippen LogP contribution in [-0.4, -0.2) is 105 Å². The van der Waals surface area contributed by atoms with E-state index in [1.165, 1.54) is 170 Å². The molecule has 0 bridgehead atoms. The summed E-state index contributed by atoms with van der Waals surface area (Å²) < 4.78 is 44.5. The lowest BCUT2D eigenvalue weighted by Crippen LogP contribution is -2.52. The lowest BCUT2D eigenvalue weighted by Gasteiger charge is -2.57. The second-order valence-corrected chi connectivity index (χ2v) is 44.3. The molecular formula is C99H144ClF3N10O4. The maximum atomic E-state index is 13.4. The monoisotopic (exact) mass is 1630 g/mol. The summed E-state index contributed by atoms with van der Waals surface area (Å²) in [5, 5.41) is 61.9. The summed E-state index contributed by atoms with van der Waals surface area (Å²) in [5.41, 5.74) is 2.84. The molecular weight excluding hydrogens is 1490 g/mol. The van der Waals surface area contributed by atoms with Gasteiger partial charge >= 0.3 is 0 Å². The Hall–Kier alpha value is -4.86. The molecule has 16 aliphatic carbocycles.